The van der Waals surface area contributed by atoms with Crippen LogP contribution in [0.4, 0.5) is 10.9 Å². The van der Waals surface area contributed by atoms with E-state index < -0.39 is 0 Å². The van der Waals surface area contributed by atoms with E-state index in [1.165, 1.54) is 11.3 Å². The number of unbranched alkanes of at least 4 members (excludes halogenated alkanes) is 1. The van der Waals surface area contributed by atoms with Gasteiger partial charge in [0.2, 0.25) is 0 Å². The van der Waals surface area contributed by atoms with Crippen LogP contribution in [-0.2, 0) is 0 Å². The van der Waals surface area contributed by atoms with Crippen LogP contribution in [0.3, 0.4) is 0 Å². The van der Waals surface area contributed by atoms with Crippen molar-refractivity contribution in [1.29, 1.82) is 0 Å². The smallest absolute Gasteiger partial charge is 0.268 e. The van der Waals surface area contributed by atoms with E-state index in [1.807, 2.05) is 11.8 Å². The normalized spacial score (nSPS) is 14.4. The summed E-state index contributed by atoms with van der Waals surface area (Å²) in [6.45, 7) is 5.74. The van der Waals surface area contributed by atoms with Gasteiger partial charge >= 0.3 is 0 Å². The number of carbonyl (C=O) groups excluding carboxylic acids is 1. The van der Waals surface area contributed by atoms with Gasteiger partial charge in [0, 0.05) is 19.1 Å². The summed E-state index contributed by atoms with van der Waals surface area (Å²) in [6.07, 6.45) is 4.38. The molecule has 19 heavy (non-hydrogen) atoms. The van der Waals surface area contributed by atoms with Crippen molar-refractivity contribution in [1.82, 2.24) is 9.88 Å². The van der Waals surface area contributed by atoms with Crippen LogP contribution in [0.2, 0.25) is 0 Å². The van der Waals surface area contributed by atoms with Crippen molar-refractivity contribution in [2.24, 2.45) is 0 Å². The second-order valence-corrected chi connectivity index (χ2v) is 5.85. The standard InChI is InChI=1S/C13H22N4OS/c1-3-5-8-17(9-6-7-9)12(18)10-11(14)16-13(19-10)15-4-2/h9H,3-8,14H2,1-2H3,(H,15,16). The summed E-state index contributed by atoms with van der Waals surface area (Å²) >= 11 is 1.36. The molecule has 106 valence electrons. The Labute approximate surface area is 118 Å². The number of nitrogens with two attached hydrogens (primary N) is 1. The number of carbonyl (C=O) groups is 1. The Morgan fingerprint density at radius 1 is 1.53 bits per heavy atom. The fourth-order valence-corrected chi connectivity index (χ4v) is 2.92. The minimum Gasteiger partial charge on any atom is -0.382 e. The van der Waals surface area contributed by atoms with Gasteiger partial charge in [0.15, 0.2) is 5.13 Å². The van der Waals surface area contributed by atoms with Crippen LogP contribution in [-0.4, -0.2) is 34.9 Å². The van der Waals surface area contributed by atoms with E-state index in [9.17, 15) is 4.79 Å². The van der Waals surface area contributed by atoms with Crippen molar-refractivity contribution in [3.8, 4) is 0 Å². The molecule has 0 unspecified atom stereocenters. The molecule has 1 fully saturated rings. The lowest BCUT2D eigenvalue weighted by atomic mass is 10.3. The van der Waals surface area contributed by atoms with Crippen molar-refractivity contribution in [3.05, 3.63) is 4.88 Å². The van der Waals surface area contributed by atoms with Crippen LogP contribution in [0.5, 0.6) is 0 Å². The fraction of sp³-hybridized carbons (Fsp3) is 0.692. The first-order valence-corrected chi connectivity index (χ1v) is 7.80. The molecule has 1 saturated carbocycles. The number of nitrogens with one attached hydrogen (secondary N) is 1. The summed E-state index contributed by atoms with van der Waals surface area (Å²) in [5, 5.41) is 3.84. The number of aromatic nitrogens is 1. The van der Waals surface area contributed by atoms with Crippen LogP contribution in [0.1, 0.15) is 49.2 Å². The summed E-state index contributed by atoms with van der Waals surface area (Å²) in [4.78, 5) is 19.3. The lowest BCUT2D eigenvalue weighted by Gasteiger charge is -2.21. The average Bonchev–Trinajstić information content (AvgIpc) is 3.14. The highest BCUT2D eigenvalue weighted by Crippen LogP contribution is 2.32. The van der Waals surface area contributed by atoms with Crippen molar-refractivity contribution >= 4 is 28.2 Å². The molecule has 1 aromatic heterocycles. The molecule has 0 saturated heterocycles. The Hall–Kier alpha value is -1.30. The third-order valence-corrected chi connectivity index (χ3v) is 4.19. The summed E-state index contributed by atoms with van der Waals surface area (Å²) < 4.78 is 0. The Balaban J connectivity index is 2.11. The lowest BCUT2D eigenvalue weighted by molar-refractivity contribution is 0.0746. The van der Waals surface area contributed by atoms with Gasteiger partial charge in [-0.15, -0.1) is 0 Å². The maximum Gasteiger partial charge on any atom is 0.268 e. The molecule has 1 aliphatic carbocycles. The van der Waals surface area contributed by atoms with Gasteiger partial charge in [-0.1, -0.05) is 24.7 Å². The van der Waals surface area contributed by atoms with Crippen LogP contribution in [0, 0.1) is 0 Å². The highest BCUT2D eigenvalue weighted by Gasteiger charge is 2.34. The number of hydrogen-bond donors (Lipinski definition) is 2. The molecule has 0 spiro atoms. The molecule has 6 heteroatoms. The molecule has 3 N–H and O–H groups in total. The van der Waals surface area contributed by atoms with Gasteiger partial charge in [0.1, 0.15) is 10.7 Å². The molecule has 0 bridgehead atoms. The van der Waals surface area contributed by atoms with Crippen LogP contribution >= 0.6 is 11.3 Å². The molecule has 2 rings (SSSR count). The Bertz CT molecular complexity index is 442. The summed E-state index contributed by atoms with van der Waals surface area (Å²) in [7, 11) is 0. The molecule has 1 aromatic rings. The largest absolute Gasteiger partial charge is 0.382 e. The maximum atomic E-state index is 12.6. The SMILES string of the molecule is CCCCN(C(=O)c1sc(NCC)nc1N)C1CC1. The third-order valence-electron chi connectivity index (χ3n) is 3.18. The summed E-state index contributed by atoms with van der Waals surface area (Å²) in [5.74, 6) is 0.406. The topological polar surface area (TPSA) is 71.2 Å². The molecular formula is C13H22N4OS. The van der Waals surface area contributed by atoms with E-state index >= 15 is 0 Å². The monoisotopic (exact) mass is 282 g/mol. The van der Waals surface area contributed by atoms with E-state index in [2.05, 4.69) is 17.2 Å². The van der Waals surface area contributed by atoms with Gasteiger partial charge in [-0.25, -0.2) is 4.98 Å². The first-order valence-electron chi connectivity index (χ1n) is 6.98. The van der Waals surface area contributed by atoms with Crippen molar-refractivity contribution in [2.45, 2.75) is 45.6 Å². The summed E-state index contributed by atoms with van der Waals surface area (Å²) in [5.41, 5.74) is 5.87. The van der Waals surface area contributed by atoms with Crippen LogP contribution in [0.15, 0.2) is 0 Å². The molecule has 1 heterocycles. The van der Waals surface area contributed by atoms with Gasteiger partial charge in [-0.2, -0.15) is 0 Å². The predicted molar refractivity (Wildman–Crippen MR) is 79.7 cm³/mol. The van der Waals surface area contributed by atoms with Gasteiger partial charge in [0.05, 0.1) is 0 Å². The molecule has 0 aromatic carbocycles. The zero-order chi connectivity index (χ0) is 13.8. The third kappa shape index (κ3) is 3.37. The second kappa shape index (κ2) is 6.23. The molecule has 0 atom stereocenters. The number of nitrogen functional groups attached to an aromatic ring is 1. The predicted octanol–water partition coefficient (Wildman–Crippen LogP) is 2.56. The van der Waals surface area contributed by atoms with Crippen molar-refractivity contribution < 1.29 is 4.79 Å². The molecule has 0 aliphatic heterocycles. The summed E-state index contributed by atoms with van der Waals surface area (Å²) in [6, 6.07) is 0.420. The number of nitrogens with zero attached hydrogens (tertiary/aromatic N) is 2. The minimum absolute atomic E-state index is 0.0510. The quantitative estimate of drug-likeness (QED) is 0.806. The molecule has 1 amide bonds. The second-order valence-electron chi connectivity index (χ2n) is 4.85. The Morgan fingerprint density at radius 2 is 2.26 bits per heavy atom. The molecular weight excluding hydrogens is 260 g/mol. The number of rotatable bonds is 7. The number of anilines is 2. The first-order chi connectivity index (χ1) is 9.17. The zero-order valence-electron chi connectivity index (χ0n) is 11.6. The number of amides is 1. The maximum absolute atomic E-state index is 12.6. The van der Waals surface area contributed by atoms with E-state index in [0.29, 0.717) is 16.7 Å². The van der Waals surface area contributed by atoms with Gasteiger partial charge in [0.25, 0.3) is 5.91 Å². The van der Waals surface area contributed by atoms with Crippen LogP contribution in [0.25, 0.3) is 0 Å². The van der Waals surface area contributed by atoms with E-state index in [0.717, 1.165) is 43.9 Å². The molecule has 1 aliphatic rings. The number of hydrogen-bond acceptors (Lipinski definition) is 5. The van der Waals surface area contributed by atoms with Crippen molar-refractivity contribution in [2.75, 3.05) is 24.1 Å². The first kappa shape index (κ1) is 14.1. The zero-order valence-corrected chi connectivity index (χ0v) is 12.4. The van der Waals surface area contributed by atoms with Crippen LogP contribution < -0.4 is 11.1 Å². The fourth-order valence-electron chi connectivity index (χ4n) is 2.01. The highest BCUT2D eigenvalue weighted by molar-refractivity contribution is 7.18. The highest BCUT2D eigenvalue weighted by atomic mass is 32.1. The van der Waals surface area contributed by atoms with E-state index in [4.69, 9.17) is 5.73 Å². The van der Waals surface area contributed by atoms with E-state index in [1.54, 1.807) is 0 Å². The Morgan fingerprint density at radius 3 is 2.84 bits per heavy atom. The lowest BCUT2D eigenvalue weighted by Crippen LogP contribution is -2.33. The van der Waals surface area contributed by atoms with E-state index in [-0.39, 0.29) is 5.91 Å². The molecule has 0 radical (unpaired) electrons. The van der Waals surface area contributed by atoms with Gasteiger partial charge in [-0.05, 0) is 26.2 Å². The van der Waals surface area contributed by atoms with Gasteiger partial charge < -0.3 is 16.0 Å². The average molecular weight is 282 g/mol. The number of thiazole rings is 1. The minimum atomic E-state index is 0.0510. The molecule has 5 nitrogen and oxygen atoms in total. The van der Waals surface area contributed by atoms with Gasteiger partial charge in [-0.3, -0.25) is 4.79 Å². The Kier molecular flexibility index (Phi) is 4.63. The van der Waals surface area contributed by atoms with Crippen molar-refractivity contribution in [3.63, 3.8) is 0 Å².